The number of carbonyl (C=O) groups is 1. The van der Waals surface area contributed by atoms with Crippen LogP contribution in [-0.2, 0) is 9.53 Å². The van der Waals surface area contributed by atoms with Crippen LogP contribution in [0.25, 0.3) is 0 Å². The SMILES string of the molecule is COC(=O)C(C)(N)CSc1nc(C)cs1. The molecule has 0 spiro atoms. The van der Waals surface area contributed by atoms with Gasteiger partial charge in [-0.1, -0.05) is 11.8 Å². The topological polar surface area (TPSA) is 65.2 Å². The Kier molecular flexibility index (Phi) is 4.12. The van der Waals surface area contributed by atoms with Crippen molar-refractivity contribution in [3.05, 3.63) is 11.1 Å². The van der Waals surface area contributed by atoms with Gasteiger partial charge in [-0.25, -0.2) is 4.98 Å². The maximum atomic E-state index is 11.3. The Labute approximate surface area is 97.2 Å². The quantitative estimate of drug-likeness (QED) is 0.643. The number of aryl methyl sites for hydroxylation is 1. The Morgan fingerprint density at radius 1 is 1.80 bits per heavy atom. The molecule has 0 aliphatic carbocycles. The Morgan fingerprint density at radius 2 is 2.47 bits per heavy atom. The first kappa shape index (κ1) is 12.5. The Hall–Kier alpha value is -0.590. The van der Waals surface area contributed by atoms with E-state index >= 15 is 0 Å². The highest BCUT2D eigenvalue weighted by Crippen LogP contribution is 2.25. The van der Waals surface area contributed by atoms with Gasteiger partial charge in [0.2, 0.25) is 0 Å². The molecule has 1 aromatic rings. The lowest BCUT2D eigenvalue weighted by Crippen LogP contribution is -2.48. The van der Waals surface area contributed by atoms with Gasteiger partial charge in [0.25, 0.3) is 0 Å². The molecule has 1 atom stereocenters. The van der Waals surface area contributed by atoms with E-state index in [0.29, 0.717) is 5.75 Å². The average Bonchev–Trinajstić information content (AvgIpc) is 2.60. The normalized spacial score (nSPS) is 14.7. The molecular weight excluding hydrogens is 232 g/mol. The third-order valence-corrected chi connectivity index (χ3v) is 4.22. The zero-order valence-electron chi connectivity index (χ0n) is 8.94. The predicted octanol–water partition coefficient (Wildman–Crippen LogP) is 1.43. The number of aromatic nitrogens is 1. The zero-order chi connectivity index (χ0) is 11.5. The van der Waals surface area contributed by atoms with Crippen molar-refractivity contribution in [1.29, 1.82) is 0 Å². The number of methoxy groups -OCH3 is 1. The Morgan fingerprint density at radius 3 is 2.93 bits per heavy atom. The highest BCUT2D eigenvalue weighted by molar-refractivity contribution is 8.01. The van der Waals surface area contributed by atoms with E-state index in [1.165, 1.54) is 18.9 Å². The van der Waals surface area contributed by atoms with Crippen molar-refractivity contribution in [1.82, 2.24) is 4.98 Å². The molecule has 1 rings (SSSR count). The van der Waals surface area contributed by atoms with Gasteiger partial charge in [0.15, 0.2) is 0 Å². The van der Waals surface area contributed by atoms with Crippen molar-refractivity contribution in [2.24, 2.45) is 5.73 Å². The standard InChI is InChI=1S/C9H14N2O2S2/c1-6-4-14-8(11-6)15-5-9(2,10)7(12)13-3/h4H,5,10H2,1-3H3. The molecule has 6 heteroatoms. The summed E-state index contributed by atoms with van der Waals surface area (Å²) in [5, 5.41) is 1.97. The number of ether oxygens (including phenoxy) is 1. The van der Waals surface area contributed by atoms with Gasteiger partial charge in [-0.05, 0) is 13.8 Å². The first-order valence-electron chi connectivity index (χ1n) is 4.38. The second kappa shape index (κ2) is 4.96. The Bertz CT molecular complexity index is 350. The molecule has 1 unspecified atom stereocenters. The minimum absolute atomic E-state index is 0.400. The number of thiazole rings is 1. The van der Waals surface area contributed by atoms with Gasteiger partial charge in [-0.15, -0.1) is 11.3 Å². The summed E-state index contributed by atoms with van der Waals surface area (Å²) >= 11 is 3.03. The number of rotatable bonds is 4. The van der Waals surface area contributed by atoms with Crippen LogP contribution in [0.3, 0.4) is 0 Å². The van der Waals surface area contributed by atoms with Crippen LogP contribution < -0.4 is 5.73 Å². The molecule has 2 N–H and O–H groups in total. The van der Waals surface area contributed by atoms with E-state index in [1.807, 2.05) is 12.3 Å². The molecule has 0 saturated heterocycles. The largest absolute Gasteiger partial charge is 0.468 e. The highest BCUT2D eigenvalue weighted by Gasteiger charge is 2.29. The van der Waals surface area contributed by atoms with E-state index in [-0.39, 0.29) is 0 Å². The maximum absolute atomic E-state index is 11.3. The smallest absolute Gasteiger partial charge is 0.326 e. The van der Waals surface area contributed by atoms with E-state index in [9.17, 15) is 4.79 Å². The monoisotopic (exact) mass is 246 g/mol. The van der Waals surface area contributed by atoms with Gasteiger partial charge in [-0.2, -0.15) is 0 Å². The lowest BCUT2D eigenvalue weighted by Gasteiger charge is -2.19. The molecule has 0 radical (unpaired) electrons. The van der Waals surface area contributed by atoms with Crippen molar-refractivity contribution in [2.75, 3.05) is 12.9 Å². The van der Waals surface area contributed by atoms with Gasteiger partial charge in [0.1, 0.15) is 9.88 Å². The zero-order valence-corrected chi connectivity index (χ0v) is 10.6. The fraction of sp³-hybridized carbons (Fsp3) is 0.556. The van der Waals surface area contributed by atoms with Gasteiger partial charge >= 0.3 is 5.97 Å². The van der Waals surface area contributed by atoms with Crippen LogP contribution in [-0.4, -0.2) is 29.4 Å². The van der Waals surface area contributed by atoms with Crippen LogP contribution in [0.1, 0.15) is 12.6 Å². The number of hydrogen-bond acceptors (Lipinski definition) is 6. The predicted molar refractivity (Wildman–Crippen MR) is 62.2 cm³/mol. The molecule has 0 aliphatic rings. The van der Waals surface area contributed by atoms with Crippen LogP contribution in [0.5, 0.6) is 0 Å². The second-order valence-corrected chi connectivity index (χ2v) is 5.53. The third-order valence-electron chi connectivity index (χ3n) is 1.75. The fourth-order valence-corrected chi connectivity index (χ4v) is 2.77. The summed E-state index contributed by atoms with van der Waals surface area (Å²) in [6.07, 6.45) is 0. The van der Waals surface area contributed by atoms with E-state index in [0.717, 1.165) is 10.0 Å². The molecule has 1 heterocycles. The summed E-state index contributed by atoms with van der Waals surface area (Å²) in [4.78, 5) is 15.6. The van der Waals surface area contributed by atoms with Crippen LogP contribution in [0.4, 0.5) is 0 Å². The summed E-state index contributed by atoms with van der Waals surface area (Å²) < 4.78 is 5.54. The maximum Gasteiger partial charge on any atom is 0.326 e. The molecule has 0 aliphatic heterocycles. The minimum Gasteiger partial charge on any atom is -0.468 e. The lowest BCUT2D eigenvalue weighted by atomic mass is 10.1. The number of esters is 1. The summed E-state index contributed by atoms with van der Waals surface area (Å²) in [7, 11) is 1.34. The van der Waals surface area contributed by atoms with Gasteiger partial charge in [0, 0.05) is 16.8 Å². The number of nitrogens with zero attached hydrogens (tertiary/aromatic N) is 1. The second-order valence-electron chi connectivity index (χ2n) is 3.45. The third kappa shape index (κ3) is 3.48. The summed E-state index contributed by atoms with van der Waals surface area (Å²) in [5.74, 6) is 0.0652. The molecule has 0 fully saturated rings. The van der Waals surface area contributed by atoms with Gasteiger partial charge in [-0.3, -0.25) is 4.79 Å². The Balaban J connectivity index is 2.53. The minimum atomic E-state index is -0.959. The first-order chi connectivity index (χ1) is 6.95. The van der Waals surface area contributed by atoms with Crippen molar-refractivity contribution in [3.8, 4) is 0 Å². The molecule has 1 aromatic heterocycles. The number of thioether (sulfide) groups is 1. The average molecular weight is 246 g/mol. The molecular formula is C9H14N2O2S2. The van der Waals surface area contributed by atoms with E-state index < -0.39 is 11.5 Å². The van der Waals surface area contributed by atoms with Crippen molar-refractivity contribution in [3.63, 3.8) is 0 Å². The first-order valence-corrected chi connectivity index (χ1v) is 6.24. The van der Waals surface area contributed by atoms with Crippen LogP contribution in [0.15, 0.2) is 9.72 Å². The summed E-state index contributed by atoms with van der Waals surface area (Å²) in [5.41, 5.74) is 5.83. The van der Waals surface area contributed by atoms with Gasteiger partial charge < -0.3 is 10.5 Å². The molecule has 0 aromatic carbocycles. The van der Waals surface area contributed by atoms with E-state index in [2.05, 4.69) is 9.72 Å². The van der Waals surface area contributed by atoms with Gasteiger partial charge in [0.05, 0.1) is 7.11 Å². The van der Waals surface area contributed by atoms with Crippen molar-refractivity contribution >= 4 is 29.1 Å². The van der Waals surface area contributed by atoms with Crippen molar-refractivity contribution in [2.45, 2.75) is 23.7 Å². The fourth-order valence-electron chi connectivity index (χ4n) is 0.902. The number of carbonyl (C=O) groups excluding carboxylic acids is 1. The van der Waals surface area contributed by atoms with E-state index in [4.69, 9.17) is 5.73 Å². The van der Waals surface area contributed by atoms with Crippen molar-refractivity contribution < 1.29 is 9.53 Å². The van der Waals surface area contributed by atoms with Crippen LogP contribution >= 0.6 is 23.1 Å². The molecule has 84 valence electrons. The number of nitrogens with two attached hydrogens (primary N) is 1. The lowest BCUT2D eigenvalue weighted by molar-refractivity contribution is -0.145. The molecule has 0 saturated carbocycles. The van der Waals surface area contributed by atoms with Crippen LogP contribution in [0, 0.1) is 6.92 Å². The molecule has 0 amide bonds. The summed E-state index contributed by atoms with van der Waals surface area (Å²) in [6, 6.07) is 0. The summed E-state index contributed by atoms with van der Waals surface area (Å²) in [6.45, 7) is 3.59. The molecule has 4 nitrogen and oxygen atoms in total. The van der Waals surface area contributed by atoms with Crippen LogP contribution in [0.2, 0.25) is 0 Å². The number of hydrogen-bond donors (Lipinski definition) is 1. The highest BCUT2D eigenvalue weighted by atomic mass is 32.2. The molecule has 15 heavy (non-hydrogen) atoms. The van der Waals surface area contributed by atoms with E-state index in [1.54, 1.807) is 18.3 Å². The molecule has 0 bridgehead atoms.